The van der Waals surface area contributed by atoms with E-state index in [-0.39, 0.29) is 23.3 Å². The van der Waals surface area contributed by atoms with E-state index >= 15 is 0 Å². The number of hydrogen-bond donors (Lipinski definition) is 2. The van der Waals surface area contributed by atoms with E-state index in [9.17, 15) is 21.6 Å². The minimum atomic E-state index is -4.47. The van der Waals surface area contributed by atoms with E-state index in [2.05, 4.69) is 10.0 Å². The summed E-state index contributed by atoms with van der Waals surface area (Å²) in [6.07, 6.45) is -2.89. The second-order valence-electron chi connectivity index (χ2n) is 4.69. The van der Waals surface area contributed by atoms with Gasteiger partial charge in [0.15, 0.2) is 0 Å². The first-order valence-electron chi connectivity index (χ1n) is 6.19. The Morgan fingerprint density at radius 3 is 2.29 bits per heavy atom. The van der Waals surface area contributed by atoms with Crippen molar-refractivity contribution < 1.29 is 21.6 Å². The normalized spacial score (nSPS) is 19.9. The van der Waals surface area contributed by atoms with Crippen molar-refractivity contribution in [2.24, 2.45) is 0 Å². The smallest absolute Gasteiger partial charge is 0.315 e. The molecule has 0 unspecified atom stereocenters. The zero-order chi connectivity index (χ0) is 14.8. The van der Waals surface area contributed by atoms with E-state index in [4.69, 9.17) is 0 Å². The van der Waals surface area contributed by atoms with Crippen molar-refractivity contribution in [1.29, 1.82) is 0 Å². The number of nitrogens with one attached hydrogen (secondary N) is 2. The van der Waals surface area contributed by atoms with Gasteiger partial charge in [0.05, 0.1) is 10.5 Å². The summed E-state index contributed by atoms with van der Waals surface area (Å²) in [4.78, 5) is -0.156. The minimum Gasteiger partial charge on any atom is -0.315 e. The van der Waals surface area contributed by atoms with Gasteiger partial charge in [-0.25, -0.2) is 13.1 Å². The minimum absolute atomic E-state index is 0. The summed E-state index contributed by atoms with van der Waals surface area (Å²) in [5.41, 5.74) is -0.865. The van der Waals surface area contributed by atoms with Crippen LogP contribution in [0.1, 0.15) is 18.4 Å². The third-order valence-corrected chi connectivity index (χ3v) is 4.65. The highest BCUT2D eigenvalue weighted by Crippen LogP contribution is 2.29. The Labute approximate surface area is 127 Å². The molecule has 1 aromatic carbocycles. The molecule has 1 atom stereocenters. The molecule has 9 heteroatoms. The molecule has 0 radical (unpaired) electrons. The lowest BCUT2D eigenvalue weighted by atomic mass is 10.1. The lowest BCUT2D eigenvalue weighted by Crippen LogP contribution is -2.45. The number of sulfonamides is 1. The second kappa shape index (κ2) is 6.95. The van der Waals surface area contributed by atoms with Crippen LogP contribution in [0.5, 0.6) is 0 Å². The molecule has 0 amide bonds. The Hall–Kier alpha value is -0.830. The van der Waals surface area contributed by atoms with Gasteiger partial charge in [0, 0.05) is 12.6 Å². The number of hydrogen-bond acceptors (Lipinski definition) is 3. The average Bonchev–Trinajstić information content (AvgIpc) is 2.38. The molecule has 2 rings (SSSR count). The summed E-state index contributed by atoms with van der Waals surface area (Å²) in [6.45, 7) is 1.37. The van der Waals surface area contributed by atoms with Gasteiger partial charge in [0.25, 0.3) is 0 Å². The van der Waals surface area contributed by atoms with E-state index in [1.54, 1.807) is 0 Å². The zero-order valence-corrected chi connectivity index (χ0v) is 12.6. The average molecular weight is 345 g/mol. The van der Waals surface area contributed by atoms with E-state index < -0.39 is 21.8 Å². The molecule has 0 spiro atoms. The molecule has 0 bridgehead atoms. The third kappa shape index (κ3) is 4.84. The molecule has 4 nitrogen and oxygen atoms in total. The number of halogens is 4. The van der Waals surface area contributed by atoms with Crippen LogP contribution >= 0.6 is 12.4 Å². The Kier molecular flexibility index (Phi) is 6.03. The topological polar surface area (TPSA) is 58.2 Å². The molecular weight excluding hydrogens is 329 g/mol. The van der Waals surface area contributed by atoms with Crippen LogP contribution < -0.4 is 10.0 Å². The van der Waals surface area contributed by atoms with Gasteiger partial charge >= 0.3 is 6.18 Å². The maximum absolute atomic E-state index is 12.4. The second-order valence-corrected chi connectivity index (χ2v) is 6.40. The van der Waals surface area contributed by atoms with Crippen molar-refractivity contribution in [1.82, 2.24) is 10.0 Å². The van der Waals surface area contributed by atoms with Gasteiger partial charge in [-0.05, 0) is 43.7 Å². The molecule has 1 saturated heterocycles. The molecular formula is C12H16ClF3N2O2S. The van der Waals surface area contributed by atoms with E-state index in [0.717, 1.165) is 37.2 Å². The van der Waals surface area contributed by atoms with Gasteiger partial charge in [-0.15, -0.1) is 12.4 Å². The SMILES string of the molecule is Cl.O=S(=O)(N[C@H]1CCCNC1)c1ccc(C(F)(F)F)cc1. The van der Waals surface area contributed by atoms with Gasteiger partial charge in [0.2, 0.25) is 10.0 Å². The predicted molar refractivity (Wildman–Crippen MR) is 74.9 cm³/mol. The summed E-state index contributed by atoms with van der Waals surface area (Å²) in [7, 11) is -3.78. The van der Waals surface area contributed by atoms with Crippen molar-refractivity contribution in [3.8, 4) is 0 Å². The Morgan fingerprint density at radius 2 is 1.81 bits per heavy atom. The van der Waals surface area contributed by atoms with E-state index in [1.165, 1.54) is 0 Å². The maximum atomic E-state index is 12.4. The molecule has 1 aliphatic heterocycles. The van der Waals surface area contributed by atoms with Crippen molar-refractivity contribution in [2.75, 3.05) is 13.1 Å². The molecule has 120 valence electrons. The number of rotatable bonds is 3. The molecule has 21 heavy (non-hydrogen) atoms. The predicted octanol–water partition coefficient (Wildman–Crippen LogP) is 2.16. The molecule has 1 aromatic rings. The number of benzene rings is 1. The van der Waals surface area contributed by atoms with Crippen LogP contribution in [0.25, 0.3) is 0 Å². The molecule has 0 aliphatic carbocycles. The van der Waals surface area contributed by atoms with Crippen LogP contribution in [0.2, 0.25) is 0 Å². The lowest BCUT2D eigenvalue weighted by Gasteiger charge is -2.23. The quantitative estimate of drug-likeness (QED) is 0.883. The van der Waals surface area contributed by atoms with Gasteiger partial charge in [-0.2, -0.15) is 13.2 Å². The highest BCUT2D eigenvalue weighted by atomic mass is 35.5. The van der Waals surface area contributed by atoms with E-state index in [1.807, 2.05) is 0 Å². The van der Waals surface area contributed by atoms with Crippen LogP contribution in [0, 0.1) is 0 Å². The van der Waals surface area contributed by atoms with Crippen molar-refractivity contribution in [3.05, 3.63) is 29.8 Å². The Bertz CT molecular complexity index is 555. The van der Waals surface area contributed by atoms with Crippen LogP contribution in [0.15, 0.2) is 29.2 Å². The first-order valence-corrected chi connectivity index (χ1v) is 7.68. The lowest BCUT2D eigenvalue weighted by molar-refractivity contribution is -0.137. The first-order chi connectivity index (χ1) is 9.29. The fraction of sp³-hybridized carbons (Fsp3) is 0.500. The standard InChI is InChI=1S/C12H15F3N2O2S.ClH/c13-12(14,15)9-3-5-11(6-4-9)20(18,19)17-10-2-1-7-16-8-10;/h3-6,10,16-17H,1-2,7-8H2;1H/t10-;/m0./s1. The summed E-state index contributed by atoms with van der Waals surface area (Å²) >= 11 is 0. The number of piperidine rings is 1. The monoisotopic (exact) mass is 344 g/mol. The fourth-order valence-electron chi connectivity index (χ4n) is 2.06. The fourth-order valence-corrected chi connectivity index (χ4v) is 3.33. The molecule has 1 fully saturated rings. The van der Waals surface area contributed by atoms with Crippen LogP contribution in [-0.2, 0) is 16.2 Å². The largest absolute Gasteiger partial charge is 0.416 e. The maximum Gasteiger partial charge on any atom is 0.416 e. The summed E-state index contributed by atoms with van der Waals surface area (Å²) in [5, 5.41) is 3.06. The third-order valence-electron chi connectivity index (χ3n) is 3.11. The molecule has 1 heterocycles. The molecule has 0 saturated carbocycles. The van der Waals surface area contributed by atoms with Crippen LogP contribution in [-0.4, -0.2) is 27.5 Å². The van der Waals surface area contributed by atoms with Gasteiger partial charge in [-0.1, -0.05) is 0 Å². The summed E-state index contributed by atoms with van der Waals surface area (Å²) in [5.74, 6) is 0. The summed E-state index contributed by atoms with van der Waals surface area (Å²) in [6, 6.07) is 3.26. The van der Waals surface area contributed by atoms with Crippen LogP contribution in [0.3, 0.4) is 0 Å². The highest BCUT2D eigenvalue weighted by Gasteiger charge is 2.31. The van der Waals surface area contributed by atoms with Crippen molar-refractivity contribution in [3.63, 3.8) is 0 Å². The van der Waals surface area contributed by atoms with Crippen molar-refractivity contribution in [2.45, 2.75) is 30.0 Å². The van der Waals surface area contributed by atoms with Crippen molar-refractivity contribution >= 4 is 22.4 Å². The Balaban J connectivity index is 0.00000220. The first kappa shape index (κ1) is 18.2. The van der Waals surface area contributed by atoms with E-state index in [0.29, 0.717) is 13.0 Å². The molecule has 0 aromatic heterocycles. The zero-order valence-electron chi connectivity index (χ0n) is 11.0. The van der Waals surface area contributed by atoms with Gasteiger partial charge in [0.1, 0.15) is 0 Å². The van der Waals surface area contributed by atoms with Crippen LogP contribution in [0.4, 0.5) is 13.2 Å². The summed E-state index contributed by atoms with van der Waals surface area (Å²) < 4.78 is 63.8. The molecule has 2 N–H and O–H groups in total. The van der Waals surface area contributed by atoms with Gasteiger partial charge in [-0.3, -0.25) is 0 Å². The van der Waals surface area contributed by atoms with Gasteiger partial charge < -0.3 is 5.32 Å². The molecule has 1 aliphatic rings. The highest BCUT2D eigenvalue weighted by molar-refractivity contribution is 7.89. The number of alkyl halides is 3. The Morgan fingerprint density at radius 1 is 1.19 bits per heavy atom.